The first-order valence-corrected chi connectivity index (χ1v) is 29.7. The Labute approximate surface area is 476 Å². The average Bonchev–Trinajstić information content (AvgIpc) is 3.89. The molecule has 0 spiro atoms. The summed E-state index contributed by atoms with van der Waals surface area (Å²) in [6, 6.07) is -1.86. The third kappa shape index (κ3) is 21.2. The molecule has 21 nitrogen and oxygen atoms in total. The number of likely N-dealkylation sites (N-methyl/N-ethyl adjacent to an activating group) is 1. The van der Waals surface area contributed by atoms with Gasteiger partial charge in [-0.25, -0.2) is 0 Å². The molecule has 0 bridgehead atoms. The van der Waals surface area contributed by atoms with Crippen LogP contribution in [0, 0.1) is 23.7 Å². The smallest absolute Gasteiger partial charge is 0.268 e. The lowest BCUT2D eigenvalue weighted by Crippen LogP contribution is -2.66. The van der Waals surface area contributed by atoms with Crippen LogP contribution in [0.4, 0.5) is 0 Å². The van der Waals surface area contributed by atoms with Crippen molar-refractivity contribution in [2.75, 3.05) is 33.2 Å². The van der Waals surface area contributed by atoms with Gasteiger partial charge < -0.3 is 58.1 Å². The van der Waals surface area contributed by atoms with Gasteiger partial charge in [-0.1, -0.05) is 124 Å². The molecule has 0 aromatic heterocycles. The molecular weight excluding hydrogens is 1020 g/mol. The van der Waals surface area contributed by atoms with E-state index in [1.54, 1.807) is 31.9 Å². The van der Waals surface area contributed by atoms with E-state index in [1.807, 2.05) is 20.8 Å². The first-order valence-electron chi connectivity index (χ1n) is 29.7. The Bertz CT molecular complexity index is 2230. The second-order valence-electron chi connectivity index (χ2n) is 24.5. The predicted octanol–water partition coefficient (Wildman–Crippen LogP) is 4.31. The number of likely N-dealkylation sites (tertiary alicyclic amines) is 1. The summed E-state index contributed by atoms with van der Waals surface area (Å²) in [6.45, 7) is 21.7. The van der Waals surface area contributed by atoms with E-state index < -0.39 is 75.6 Å². The van der Waals surface area contributed by atoms with Gasteiger partial charge in [-0.2, -0.15) is 0 Å². The average molecular weight is 1120 g/mol. The summed E-state index contributed by atoms with van der Waals surface area (Å²) in [5.41, 5.74) is -6.39. The molecule has 3 aliphatic rings. The molecule has 3 rings (SSSR count). The lowest BCUT2D eigenvalue weighted by molar-refractivity contribution is -0.141. The zero-order valence-electron chi connectivity index (χ0n) is 50.7. The summed E-state index contributed by atoms with van der Waals surface area (Å²) >= 11 is 0. The van der Waals surface area contributed by atoms with Crippen molar-refractivity contribution in [2.45, 2.75) is 233 Å². The lowest BCUT2D eigenvalue weighted by Gasteiger charge is -2.35. The molecule has 0 radical (unpaired) electrons. The summed E-state index contributed by atoms with van der Waals surface area (Å²) in [5, 5.41) is 28.0. The van der Waals surface area contributed by atoms with Crippen LogP contribution in [0.15, 0.2) is 23.5 Å². The second kappa shape index (κ2) is 32.0. The van der Waals surface area contributed by atoms with Gasteiger partial charge in [-0.3, -0.25) is 47.9 Å². The van der Waals surface area contributed by atoms with Crippen LogP contribution < -0.4 is 53.2 Å². The molecule has 3 fully saturated rings. The monoisotopic (exact) mass is 1120 g/mol. The van der Waals surface area contributed by atoms with Crippen molar-refractivity contribution in [3.8, 4) is 0 Å². The molecule has 4 atom stereocenters. The standard InChI is InChI=1S/C59H101N11O10/c1-14-16-17-18-19-23-28-42(49(74)63-44(36-39(5)6)50(75)66-56(7,8)52(77)65-43(35-38(3)4)48(73)62-31-30-46(71)61-33-32-60-13)64-53(78)57(9,10)68-54(79)58(11,12)69-55(80)59(37-41(59)40-26-21-20-22-27-40)67-51(76)45-29-24-34-70(45)47(72)25-15-2/h35-36,38-42,45,60H,14-34,37H2,1-13H3,(H,61,71)(H,62,73)(H,63,74)(H,64,78)(H,65,77)(H,66,75)(H,67,76)(H,68,79)(H,69,80)/b43-35+,44-36+/t41?,42-,45-,59?/m0/s1. The highest BCUT2D eigenvalue weighted by atomic mass is 16.2. The van der Waals surface area contributed by atoms with E-state index in [2.05, 4.69) is 60.1 Å². The largest absolute Gasteiger partial charge is 0.355 e. The van der Waals surface area contributed by atoms with Gasteiger partial charge in [0.15, 0.2) is 0 Å². The highest BCUT2D eigenvalue weighted by Gasteiger charge is 2.64. The first-order chi connectivity index (χ1) is 37.5. The molecule has 0 aromatic carbocycles. The van der Waals surface area contributed by atoms with E-state index in [1.165, 1.54) is 47.6 Å². The van der Waals surface area contributed by atoms with Crippen molar-refractivity contribution in [1.29, 1.82) is 0 Å². The number of carbonyl (C=O) groups is 10. The number of nitrogens with zero attached hydrogens (tertiary/aromatic N) is 1. The van der Waals surface area contributed by atoms with Gasteiger partial charge >= 0.3 is 0 Å². The summed E-state index contributed by atoms with van der Waals surface area (Å²) in [5.74, 6) is -5.86. The third-order valence-electron chi connectivity index (χ3n) is 15.1. The molecule has 2 aliphatic carbocycles. The van der Waals surface area contributed by atoms with E-state index in [9.17, 15) is 47.9 Å². The Kier molecular flexibility index (Phi) is 27.3. The highest BCUT2D eigenvalue weighted by molar-refractivity contribution is 6.05. The van der Waals surface area contributed by atoms with E-state index in [0.29, 0.717) is 58.2 Å². The minimum absolute atomic E-state index is 0.0126. The zero-order valence-corrected chi connectivity index (χ0v) is 50.7. The quantitative estimate of drug-likeness (QED) is 0.0327. The van der Waals surface area contributed by atoms with Crippen LogP contribution in [-0.4, -0.2) is 131 Å². The van der Waals surface area contributed by atoms with E-state index in [4.69, 9.17) is 0 Å². The van der Waals surface area contributed by atoms with Crippen molar-refractivity contribution in [2.24, 2.45) is 23.7 Å². The number of rotatable bonds is 33. The second-order valence-corrected chi connectivity index (χ2v) is 24.5. The number of allylic oxidation sites excluding steroid dienone is 2. The normalized spacial score (nSPS) is 19.4. The molecule has 0 aromatic rings. The van der Waals surface area contributed by atoms with Crippen LogP contribution in [0.3, 0.4) is 0 Å². The van der Waals surface area contributed by atoms with Gasteiger partial charge in [0.05, 0.1) is 0 Å². The number of carbonyl (C=O) groups excluding carboxylic acids is 10. The molecule has 80 heavy (non-hydrogen) atoms. The van der Waals surface area contributed by atoms with Crippen LogP contribution in [0.2, 0.25) is 0 Å². The number of nitrogens with one attached hydrogen (secondary N) is 10. The van der Waals surface area contributed by atoms with E-state index in [-0.39, 0.29) is 72.2 Å². The fourth-order valence-corrected chi connectivity index (χ4v) is 10.3. The molecule has 1 saturated heterocycles. The Morgan fingerprint density at radius 1 is 0.613 bits per heavy atom. The minimum atomic E-state index is -1.64. The van der Waals surface area contributed by atoms with Crippen LogP contribution >= 0.6 is 0 Å². The van der Waals surface area contributed by atoms with Gasteiger partial charge in [-0.15, -0.1) is 0 Å². The molecular formula is C59H101N11O10. The Morgan fingerprint density at radius 3 is 1.82 bits per heavy atom. The molecule has 452 valence electrons. The van der Waals surface area contributed by atoms with Gasteiger partial charge in [0.1, 0.15) is 45.6 Å². The van der Waals surface area contributed by atoms with Crippen molar-refractivity contribution >= 4 is 59.1 Å². The summed E-state index contributed by atoms with van der Waals surface area (Å²) in [6.07, 6.45) is 16.2. The molecule has 2 saturated carbocycles. The van der Waals surface area contributed by atoms with Crippen molar-refractivity contribution < 1.29 is 47.9 Å². The predicted molar refractivity (Wildman–Crippen MR) is 308 cm³/mol. The fourth-order valence-electron chi connectivity index (χ4n) is 10.3. The Balaban J connectivity index is 1.79. The molecule has 1 aliphatic heterocycles. The Morgan fingerprint density at radius 2 is 1.21 bits per heavy atom. The minimum Gasteiger partial charge on any atom is -0.355 e. The van der Waals surface area contributed by atoms with Gasteiger partial charge in [0.25, 0.3) is 11.8 Å². The molecule has 2 unspecified atom stereocenters. The van der Waals surface area contributed by atoms with Gasteiger partial charge in [0.2, 0.25) is 47.3 Å². The summed E-state index contributed by atoms with van der Waals surface area (Å²) in [7, 11) is 1.76. The van der Waals surface area contributed by atoms with Gasteiger partial charge in [0, 0.05) is 39.0 Å². The number of unbranched alkanes of at least 4 members (excludes halogenated alkanes) is 5. The van der Waals surface area contributed by atoms with Crippen molar-refractivity contribution in [3.05, 3.63) is 23.5 Å². The highest BCUT2D eigenvalue weighted by Crippen LogP contribution is 2.53. The number of amides is 10. The molecule has 1 heterocycles. The summed E-state index contributed by atoms with van der Waals surface area (Å²) < 4.78 is 0. The van der Waals surface area contributed by atoms with Crippen LogP contribution in [0.25, 0.3) is 0 Å². The maximum absolute atomic E-state index is 14.6. The maximum Gasteiger partial charge on any atom is 0.268 e. The number of hydrogen-bond acceptors (Lipinski definition) is 11. The van der Waals surface area contributed by atoms with Crippen molar-refractivity contribution in [3.63, 3.8) is 0 Å². The van der Waals surface area contributed by atoms with Crippen LogP contribution in [0.1, 0.15) is 199 Å². The molecule has 10 amide bonds. The SMILES string of the molecule is CCCCCCCC[C@H](NC(=O)C(C)(C)NC(=O)C(C)(C)NC(=O)C1(NC(=O)[C@@H]2CCCN2C(=O)CCC)CC1C1CCCCC1)C(=O)N/C(=C/C(C)C)C(=O)NC(C)(C)C(=O)N/C(=C/C(C)C)C(=O)NCCC(=O)NCCNC. The zero-order chi connectivity index (χ0) is 60.0. The van der Waals surface area contributed by atoms with E-state index in [0.717, 1.165) is 64.2 Å². The topological polar surface area (TPSA) is 294 Å². The molecule has 21 heteroatoms. The lowest BCUT2D eigenvalue weighted by atomic mass is 9.84. The van der Waals surface area contributed by atoms with Crippen LogP contribution in [-0.2, 0) is 47.9 Å². The fraction of sp³-hybridized carbons (Fsp3) is 0.763. The van der Waals surface area contributed by atoms with Crippen molar-refractivity contribution in [1.82, 2.24) is 58.1 Å². The maximum atomic E-state index is 14.6. The van der Waals surface area contributed by atoms with Crippen LogP contribution in [0.5, 0.6) is 0 Å². The van der Waals surface area contributed by atoms with Gasteiger partial charge in [-0.05, 0) is 104 Å². The Hall–Kier alpha value is -5.86. The molecule has 10 N–H and O–H groups in total. The third-order valence-corrected chi connectivity index (χ3v) is 15.1. The van der Waals surface area contributed by atoms with E-state index >= 15 is 0 Å². The first kappa shape index (κ1) is 68.4. The number of hydrogen-bond donors (Lipinski definition) is 10. The summed E-state index contributed by atoms with van der Waals surface area (Å²) in [4.78, 5) is 140.